The molecule has 0 aromatic carbocycles. The lowest BCUT2D eigenvalue weighted by Gasteiger charge is -1.76. The minimum absolute atomic E-state index is 0.0787. The van der Waals surface area contributed by atoms with E-state index in [4.69, 9.17) is 0 Å². The lowest BCUT2D eigenvalue weighted by molar-refractivity contribution is -0.102. The van der Waals surface area contributed by atoms with Gasteiger partial charge >= 0.3 is 0 Å². The predicted molar refractivity (Wildman–Crippen MR) is 30.3 cm³/mol. The first kappa shape index (κ1) is 7.36. The zero-order valence-electron chi connectivity index (χ0n) is 4.42. The van der Waals surface area contributed by atoms with Gasteiger partial charge in [-0.1, -0.05) is 6.92 Å². The fourth-order valence-corrected chi connectivity index (χ4v) is 0.555. The SMILES string of the molecule is CCC(C=O)=S(=O)=O. The van der Waals surface area contributed by atoms with E-state index < -0.39 is 10.3 Å². The minimum Gasteiger partial charge on any atom is -0.297 e. The average Bonchev–Trinajstić information content (AvgIpc) is 1.69. The maximum atomic E-state index is 9.89. The second kappa shape index (κ2) is 3.37. The second-order valence-electron chi connectivity index (χ2n) is 1.17. The Morgan fingerprint density at radius 3 is 2.12 bits per heavy atom. The molecule has 0 aliphatic carbocycles. The van der Waals surface area contributed by atoms with Gasteiger partial charge in [0.15, 0.2) is 6.29 Å². The van der Waals surface area contributed by atoms with Crippen LogP contribution in [0, 0.1) is 0 Å². The van der Waals surface area contributed by atoms with Crippen LogP contribution in [-0.2, 0) is 15.1 Å². The molecule has 8 heavy (non-hydrogen) atoms. The summed E-state index contributed by atoms with van der Waals surface area (Å²) in [5.41, 5.74) is 0. The summed E-state index contributed by atoms with van der Waals surface area (Å²) in [5, 5.41) is 0. The first-order valence-electron chi connectivity index (χ1n) is 2.12. The molecular formula is C4H6O3S. The van der Waals surface area contributed by atoms with Crippen molar-refractivity contribution in [3.63, 3.8) is 0 Å². The van der Waals surface area contributed by atoms with Gasteiger partial charge < -0.3 is 0 Å². The number of aldehydes is 1. The molecule has 0 atom stereocenters. The Hall–Kier alpha value is -0.640. The molecule has 4 heteroatoms. The molecule has 0 fully saturated rings. The number of carbonyl (C=O) groups excluding carboxylic acids is 1. The van der Waals surface area contributed by atoms with Gasteiger partial charge in [0.25, 0.3) is 0 Å². The van der Waals surface area contributed by atoms with Gasteiger partial charge in [0.05, 0.1) is 0 Å². The Kier molecular flexibility index (Phi) is 3.10. The molecule has 0 unspecified atom stereocenters. The van der Waals surface area contributed by atoms with Crippen LogP contribution in [0.25, 0.3) is 0 Å². The molecule has 0 heterocycles. The van der Waals surface area contributed by atoms with Crippen LogP contribution < -0.4 is 0 Å². The van der Waals surface area contributed by atoms with Crippen molar-refractivity contribution in [1.29, 1.82) is 0 Å². The van der Waals surface area contributed by atoms with Gasteiger partial charge in [0.2, 0.25) is 10.3 Å². The highest BCUT2D eigenvalue weighted by Gasteiger charge is 1.90. The predicted octanol–water partition coefficient (Wildman–Crippen LogP) is -0.353. The standard InChI is InChI=1S/C4H6O3S/c1-2-4(3-5)8(6)7/h3H,2H2,1H3. The summed E-state index contributed by atoms with van der Waals surface area (Å²) >= 11 is 0. The Labute approximate surface area is 48.9 Å². The zero-order chi connectivity index (χ0) is 6.57. The van der Waals surface area contributed by atoms with Crippen molar-refractivity contribution in [1.82, 2.24) is 0 Å². The van der Waals surface area contributed by atoms with Crippen LogP contribution in [-0.4, -0.2) is 19.6 Å². The van der Waals surface area contributed by atoms with Crippen LogP contribution in [0.1, 0.15) is 13.3 Å². The van der Waals surface area contributed by atoms with E-state index >= 15 is 0 Å². The van der Waals surface area contributed by atoms with Crippen molar-refractivity contribution in [3.05, 3.63) is 0 Å². The summed E-state index contributed by atoms with van der Waals surface area (Å²) in [6, 6.07) is 0. The van der Waals surface area contributed by atoms with Crippen molar-refractivity contribution in [2.75, 3.05) is 0 Å². The van der Waals surface area contributed by atoms with Crippen molar-refractivity contribution in [2.45, 2.75) is 13.3 Å². The summed E-state index contributed by atoms with van der Waals surface area (Å²) in [6.07, 6.45) is 0.628. The molecule has 0 bridgehead atoms. The quantitative estimate of drug-likeness (QED) is 0.383. The maximum absolute atomic E-state index is 9.89. The molecule has 0 saturated carbocycles. The fourth-order valence-electron chi connectivity index (χ4n) is 0.240. The molecule has 0 aromatic rings. The molecule has 0 amide bonds. The van der Waals surface area contributed by atoms with Crippen LogP contribution in [0.4, 0.5) is 0 Å². The third kappa shape index (κ3) is 1.88. The van der Waals surface area contributed by atoms with E-state index in [1.165, 1.54) is 0 Å². The van der Waals surface area contributed by atoms with Gasteiger partial charge in [-0.15, -0.1) is 0 Å². The Bertz CT molecular complexity index is 191. The Balaban J connectivity index is 4.60. The molecule has 0 aromatic heterocycles. The van der Waals surface area contributed by atoms with Crippen molar-refractivity contribution >= 4 is 21.4 Å². The van der Waals surface area contributed by atoms with Gasteiger partial charge in [0.1, 0.15) is 4.86 Å². The average molecular weight is 134 g/mol. The van der Waals surface area contributed by atoms with Gasteiger partial charge in [-0.25, -0.2) is 0 Å². The van der Waals surface area contributed by atoms with Gasteiger partial charge in [-0.3, -0.25) is 4.79 Å². The molecular weight excluding hydrogens is 128 g/mol. The van der Waals surface area contributed by atoms with E-state index in [-0.39, 0.29) is 11.3 Å². The van der Waals surface area contributed by atoms with Crippen LogP contribution in [0.5, 0.6) is 0 Å². The Morgan fingerprint density at radius 2 is 2.12 bits per heavy atom. The number of hydrogen-bond donors (Lipinski definition) is 0. The van der Waals surface area contributed by atoms with E-state index in [1.54, 1.807) is 6.92 Å². The highest BCUT2D eigenvalue weighted by atomic mass is 32.2. The lowest BCUT2D eigenvalue weighted by atomic mass is 10.4. The highest BCUT2D eigenvalue weighted by molar-refractivity contribution is 7.74. The molecule has 0 spiro atoms. The summed E-state index contributed by atoms with van der Waals surface area (Å²) in [4.78, 5) is 9.67. The molecule has 0 N–H and O–H groups in total. The third-order valence-electron chi connectivity index (χ3n) is 0.694. The van der Waals surface area contributed by atoms with Crippen LogP contribution in [0.3, 0.4) is 0 Å². The molecule has 0 radical (unpaired) electrons. The van der Waals surface area contributed by atoms with E-state index in [2.05, 4.69) is 0 Å². The van der Waals surface area contributed by atoms with Crippen molar-refractivity contribution < 1.29 is 13.2 Å². The first-order valence-corrected chi connectivity index (χ1v) is 3.20. The zero-order valence-corrected chi connectivity index (χ0v) is 5.23. The molecule has 0 rings (SSSR count). The maximum Gasteiger partial charge on any atom is 0.220 e. The molecule has 0 aliphatic rings. The van der Waals surface area contributed by atoms with E-state index in [1.807, 2.05) is 0 Å². The molecule has 0 aliphatic heterocycles. The van der Waals surface area contributed by atoms with Crippen LogP contribution >= 0.6 is 0 Å². The van der Waals surface area contributed by atoms with Gasteiger partial charge in [-0.05, 0) is 6.42 Å². The number of carbonyl (C=O) groups is 1. The normalized spacial score (nSPS) is 8.12. The van der Waals surface area contributed by atoms with Gasteiger partial charge in [-0.2, -0.15) is 8.42 Å². The topological polar surface area (TPSA) is 51.2 Å². The summed E-state index contributed by atoms with van der Waals surface area (Å²) in [5.74, 6) is 0. The number of hydrogen-bond acceptors (Lipinski definition) is 3. The van der Waals surface area contributed by atoms with Crippen molar-refractivity contribution in [2.24, 2.45) is 0 Å². The smallest absolute Gasteiger partial charge is 0.220 e. The second-order valence-corrected chi connectivity index (χ2v) is 2.17. The van der Waals surface area contributed by atoms with Crippen LogP contribution in [0.15, 0.2) is 0 Å². The lowest BCUT2D eigenvalue weighted by Crippen LogP contribution is -1.97. The molecule has 0 saturated heterocycles. The fraction of sp³-hybridized carbons (Fsp3) is 0.500. The third-order valence-corrected chi connectivity index (χ3v) is 1.51. The summed E-state index contributed by atoms with van der Waals surface area (Å²) in [7, 11) is -2.30. The largest absolute Gasteiger partial charge is 0.297 e. The molecule has 46 valence electrons. The van der Waals surface area contributed by atoms with Crippen molar-refractivity contribution in [3.8, 4) is 0 Å². The van der Waals surface area contributed by atoms with Crippen LogP contribution in [0.2, 0.25) is 0 Å². The van der Waals surface area contributed by atoms with E-state index in [9.17, 15) is 13.2 Å². The first-order chi connectivity index (χ1) is 3.72. The molecule has 3 nitrogen and oxygen atoms in total. The van der Waals surface area contributed by atoms with Gasteiger partial charge in [0, 0.05) is 0 Å². The van der Waals surface area contributed by atoms with E-state index in [0.717, 1.165) is 0 Å². The summed E-state index contributed by atoms with van der Waals surface area (Å²) in [6.45, 7) is 1.61. The summed E-state index contributed by atoms with van der Waals surface area (Å²) < 4.78 is 19.8. The minimum atomic E-state index is -2.30. The Morgan fingerprint density at radius 1 is 1.62 bits per heavy atom. The highest BCUT2D eigenvalue weighted by Crippen LogP contribution is 1.74. The van der Waals surface area contributed by atoms with E-state index in [0.29, 0.717) is 6.29 Å². The number of rotatable bonds is 2. The monoisotopic (exact) mass is 134 g/mol.